The maximum atomic E-state index is 12.1. The number of amides is 2. The van der Waals surface area contributed by atoms with Gasteiger partial charge in [0.15, 0.2) is 17.3 Å². The molecule has 7 nitrogen and oxygen atoms in total. The minimum absolute atomic E-state index is 0.173. The zero-order valence-corrected chi connectivity index (χ0v) is 14.6. The fourth-order valence-corrected chi connectivity index (χ4v) is 2.21. The summed E-state index contributed by atoms with van der Waals surface area (Å²) in [5.74, 6) is 0.382. The monoisotopic (exact) mass is 330 g/mol. The number of hydrogen-bond acceptors (Lipinski definition) is 5. The van der Waals surface area contributed by atoms with E-state index in [9.17, 15) is 4.79 Å². The Morgan fingerprint density at radius 3 is 2.41 bits per heavy atom. The van der Waals surface area contributed by atoms with E-state index in [4.69, 9.17) is 21.1 Å². The van der Waals surface area contributed by atoms with Crippen LogP contribution in [0.2, 0.25) is 5.15 Å². The lowest BCUT2D eigenvalue weighted by molar-refractivity contribution is -0.0940. The second kappa shape index (κ2) is 7.71. The van der Waals surface area contributed by atoms with Crippen LogP contribution in [0, 0.1) is 0 Å². The van der Waals surface area contributed by atoms with Crippen LogP contribution in [0.15, 0.2) is 6.07 Å². The highest BCUT2D eigenvalue weighted by Gasteiger charge is 2.25. The van der Waals surface area contributed by atoms with Crippen molar-refractivity contribution in [2.45, 2.75) is 32.5 Å². The van der Waals surface area contributed by atoms with E-state index in [1.165, 1.54) is 26.2 Å². The lowest BCUT2D eigenvalue weighted by atomic mass is 9.88. The summed E-state index contributed by atoms with van der Waals surface area (Å²) >= 11 is 6.12. The smallest absolute Gasteiger partial charge is 0.323 e. The van der Waals surface area contributed by atoms with Crippen molar-refractivity contribution in [1.29, 1.82) is 0 Å². The van der Waals surface area contributed by atoms with Crippen molar-refractivity contribution >= 4 is 23.4 Å². The van der Waals surface area contributed by atoms with Gasteiger partial charge in [0.05, 0.1) is 6.54 Å². The van der Waals surface area contributed by atoms with Crippen LogP contribution in [0.4, 0.5) is 10.6 Å². The summed E-state index contributed by atoms with van der Waals surface area (Å²) in [6.07, 6.45) is -0.576. The minimum Gasteiger partial charge on any atom is -0.354 e. The predicted molar refractivity (Wildman–Crippen MR) is 85.3 cm³/mol. The van der Waals surface area contributed by atoms with Gasteiger partial charge in [-0.15, -0.1) is 10.2 Å². The first-order valence-corrected chi connectivity index (χ1v) is 7.21. The van der Waals surface area contributed by atoms with E-state index in [1.807, 2.05) is 20.8 Å². The number of carbonyl (C=O) groups is 1. The van der Waals surface area contributed by atoms with E-state index >= 15 is 0 Å². The van der Waals surface area contributed by atoms with E-state index in [0.717, 1.165) is 5.56 Å². The molecule has 1 N–H and O–H groups in total. The molecule has 0 saturated heterocycles. The SMILES string of the molecule is CNC(=O)N(CC(OC)OC)c1cc(C(C)(C)C)c(Cl)nn1. The molecule has 0 spiro atoms. The molecule has 0 aliphatic carbocycles. The highest BCUT2D eigenvalue weighted by Crippen LogP contribution is 2.30. The maximum Gasteiger partial charge on any atom is 0.323 e. The van der Waals surface area contributed by atoms with Gasteiger partial charge < -0.3 is 14.8 Å². The lowest BCUT2D eigenvalue weighted by Crippen LogP contribution is -2.44. The molecule has 0 bridgehead atoms. The molecular formula is C14H23ClN4O3. The van der Waals surface area contributed by atoms with Crippen LogP contribution in [0.5, 0.6) is 0 Å². The first-order valence-electron chi connectivity index (χ1n) is 6.83. The third-order valence-corrected chi connectivity index (χ3v) is 3.42. The van der Waals surface area contributed by atoms with Crippen molar-refractivity contribution in [3.8, 4) is 0 Å². The second-order valence-electron chi connectivity index (χ2n) is 5.72. The largest absolute Gasteiger partial charge is 0.354 e. The third-order valence-electron chi connectivity index (χ3n) is 3.14. The topological polar surface area (TPSA) is 76.6 Å². The highest BCUT2D eigenvalue weighted by atomic mass is 35.5. The summed E-state index contributed by atoms with van der Waals surface area (Å²) in [5.41, 5.74) is 0.581. The predicted octanol–water partition coefficient (Wildman–Crippen LogP) is 2.19. The van der Waals surface area contributed by atoms with Gasteiger partial charge in [0.25, 0.3) is 0 Å². The van der Waals surface area contributed by atoms with Crippen LogP contribution in [0.1, 0.15) is 26.3 Å². The van der Waals surface area contributed by atoms with Crippen LogP contribution in [0.3, 0.4) is 0 Å². The number of nitrogens with one attached hydrogen (secondary N) is 1. The van der Waals surface area contributed by atoms with Crippen molar-refractivity contribution in [2.75, 3.05) is 32.7 Å². The number of hydrogen-bond donors (Lipinski definition) is 1. The van der Waals surface area contributed by atoms with Crippen LogP contribution >= 0.6 is 11.6 Å². The summed E-state index contributed by atoms with van der Waals surface area (Å²) in [4.78, 5) is 13.5. The van der Waals surface area contributed by atoms with Gasteiger partial charge in [-0.25, -0.2) is 4.79 Å². The van der Waals surface area contributed by atoms with E-state index in [-0.39, 0.29) is 18.0 Å². The van der Waals surface area contributed by atoms with E-state index in [2.05, 4.69) is 15.5 Å². The van der Waals surface area contributed by atoms with Gasteiger partial charge in [0, 0.05) is 26.8 Å². The molecule has 0 atom stereocenters. The Labute approximate surface area is 135 Å². The fraction of sp³-hybridized carbons (Fsp3) is 0.643. The Kier molecular flexibility index (Phi) is 6.52. The number of anilines is 1. The third kappa shape index (κ3) is 4.53. The Hall–Kier alpha value is -1.44. The number of aromatic nitrogens is 2. The molecule has 1 aromatic heterocycles. The van der Waals surface area contributed by atoms with Crippen molar-refractivity contribution in [3.05, 3.63) is 16.8 Å². The molecule has 1 aromatic rings. The van der Waals surface area contributed by atoms with Gasteiger partial charge in [-0.2, -0.15) is 0 Å². The average molecular weight is 331 g/mol. The molecule has 0 aliphatic rings. The van der Waals surface area contributed by atoms with Gasteiger partial charge in [-0.3, -0.25) is 4.90 Å². The lowest BCUT2D eigenvalue weighted by Gasteiger charge is -2.26. The maximum absolute atomic E-state index is 12.1. The van der Waals surface area contributed by atoms with Gasteiger partial charge in [-0.1, -0.05) is 32.4 Å². The summed E-state index contributed by atoms with van der Waals surface area (Å²) in [6, 6.07) is 1.42. The Morgan fingerprint density at radius 2 is 1.95 bits per heavy atom. The number of ether oxygens (including phenoxy) is 2. The number of methoxy groups -OCH3 is 2. The van der Waals surface area contributed by atoms with Crippen molar-refractivity contribution in [1.82, 2.24) is 15.5 Å². The molecule has 0 radical (unpaired) electrons. The fourth-order valence-electron chi connectivity index (χ4n) is 1.83. The molecule has 124 valence electrons. The van der Waals surface area contributed by atoms with Crippen LogP contribution in [-0.4, -0.2) is 50.3 Å². The molecule has 0 unspecified atom stereocenters. The van der Waals surface area contributed by atoms with E-state index in [1.54, 1.807) is 6.07 Å². The van der Waals surface area contributed by atoms with Gasteiger partial charge in [0.2, 0.25) is 0 Å². The molecule has 1 heterocycles. The normalized spacial score (nSPS) is 11.6. The Bertz CT molecular complexity index is 515. The second-order valence-corrected chi connectivity index (χ2v) is 6.08. The Balaban J connectivity index is 3.23. The molecule has 0 fully saturated rings. The summed E-state index contributed by atoms with van der Waals surface area (Å²) in [7, 11) is 4.55. The standard InChI is InChI=1S/C14H23ClN4O3/c1-14(2,3)9-7-10(17-18-12(9)15)19(13(20)16-4)8-11(21-5)22-6/h7,11H,8H2,1-6H3,(H,16,20). The first kappa shape index (κ1) is 18.6. The van der Waals surface area contributed by atoms with Gasteiger partial charge in [0.1, 0.15) is 0 Å². The average Bonchev–Trinajstić information content (AvgIpc) is 2.47. The Morgan fingerprint density at radius 1 is 1.36 bits per heavy atom. The zero-order chi connectivity index (χ0) is 16.9. The molecule has 0 aliphatic heterocycles. The number of carbonyl (C=O) groups excluding carboxylic acids is 1. The number of urea groups is 1. The zero-order valence-electron chi connectivity index (χ0n) is 13.8. The quantitative estimate of drug-likeness (QED) is 0.837. The molecular weight excluding hydrogens is 308 g/mol. The van der Waals surface area contributed by atoms with E-state index < -0.39 is 6.29 Å². The number of rotatable bonds is 5. The molecule has 8 heteroatoms. The van der Waals surface area contributed by atoms with Crippen LogP contribution in [-0.2, 0) is 14.9 Å². The van der Waals surface area contributed by atoms with Crippen molar-refractivity contribution < 1.29 is 14.3 Å². The number of nitrogens with zero attached hydrogens (tertiary/aromatic N) is 3. The molecule has 0 aromatic carbocycles. The highest BCUT2D eigenvalue weighted by molar-refractivity contribution is 6.30. The number of halogens is 1. The van der Waals surface area contributed by atoms with Crippen molar-refractivity contribution in [3.63, 3.8) is 0 Å². The molecule has 22 heavy (non-hydrogen) atoms. The van der Waals surface area contributed by atoms with Crippen LogP contribution < -0.4 is 10.2 Å². The summed E-state index contributed by atoms with van der Waals surface area (Å²) in [6.45, 7) is 6.21. The minimum atomic E-state index is -0.576. The molecule has 2 amide bonds. The first-order chi connectivity index (χ1) is 10.2. The van der Waals surface area contributed by atoms with E-state index in [0.29, 0.717) is 11.0 Å². The van der Waals surface area contributed by atoms with Crippen LogP contribution in [0.25, 0.3) is 0 Å². The molecule has 1 rings (SSSR count). The van der Waals surface area contributed by atoms with Gasteiger partial charge >= 0.3 is 6.03 Å². The summed E-state index contributed by atoms with van der Waals surface area (Å²) < 4.78 is 10.3. The summed E-state index contributed by atoms with van der Waals surface area (Å²) in [5, 5.41) is 10.9. The molecule has 0 saturated carbocycles. The van der Waals surface area contributed by atoms with Crippen molar-refractivity contribution in [2.24, 2.45) is 0 Å². The van der Waals surface area contributed by atoms with Gasteiger partial charge in [-0.05, 0) is 11.5 Å².